The standard InChI is InChI=1S/C24H23NO2/c1-16(17-7-5-4-6-8-17)13-22(26)18-9-10-19-20-11-12-25-15-23(20)27-24(2,3)21(19)14-18/h4-12,14-16H,13H2,1-3H3/t16-/m0/s1. The lowest BCUT2D eigenvalue weighted by molar-refractivity contribution is 0.0971. The Morgan fingerprint density at radius 1 is 1.07 bits per heavy atom. The van der Waals surface area contributed by atoms with Crippen molar-refractivity contribution in [2.24, 2.45) is 0 Å². The van der Waals surface area contributed by atoms with Gasteiger partial charge in [0.25, 0.3) is 0 Å². The summed E-state index contributed by atoms with van der Waals surface area (Å²) in [5.74, 6) is 1.13. The van der Waals surface area contributed by atoms with Gasteiger partial charge in [-0.15, -0.1) is 0 Å². The minimum Gasteiger partial charge on any atom is -0.481 e. The third-order valence-electron chi connectivity index (χ3n) is 5.29. The van der Waals surface area contributed by atoms with E-state index in [-0.39, 0.29) is 11.7 Å². The van der Waals surface area contributed by atoms with Crippen LogP contribution in [-0.2, 0) is 5.60 Å². The van der Waals surface area contributed by atoms with Crippen molar-refractivity contribution < 1.29 is 9.53 Å². The largest absolute Gasteiger partial charge is 0.481 e. The van der Waals surface area contributed by atoms with Crippen molar-refractivity contribution in [2.75, 3.05) is 0 Å². The van der Waals surface area contributed by atoms with Gasteiger partial charge >= 0.3 is 0 Å². The Bertz CT molecular complexity index is 992. The molecule has 3 nitrogen and oxygen atoms in total. The van der Waals surface area contributed by atoms with E-state index in [4.69, 9.17) is 4.74 Å². The molecule has 1 aliphatic rings. The Morgan fingerprint density at radius 2 is 1.85 bits per heavy atom. The molecule has 3 aromatic rings. The number of rotatable bonds is 4. The Labute approximate surface area is 160 Å². The highest BCUT2D eigenvalue weighted by atomic mass is 16.5. The number of fused-ring (bicyclic) bond motifs is 3. The number of nitrogens with zero attached hydrogens (tertiary/aromatic N) is 1. The van der Waals surface area contributed by atoms with Crippen molar-refractivity contribution in [3.8, 4) is 16.9 Å². The van der Waals surface area contributed by atoms with Crippen molar-refractivity contribution in [3.05, 3.63) is 83.7 Å². The fourth-order valence-corrected chi connectivity index (χ4v) is 3.76. The molecule has 3 heteroatoms. The highest BCUT2D eigenvalue weighted by Gasteiger charge is 2.33. The van der Waals surface area contributed by atoms with Gasteiger partial charge in [0.05, 0.1) is 6.20 Å². The summed E-state index contributed by atoms with van der Waals surface area (Å²) in [5, 5.41) is 0. The summed E-state index contributed by atoms with van der Waals surface area (Å²) in [6.45, 7) is 6.16. The van der Waals surface area contributed by atoms with Crippen molar-refractivity contribution in [1.29, 1.82) is 0 Å². The van der Waals surface area contributed by atoms with Crippen LogP contribution in [0.25, 0.3) is 11.1 Å². The number of benzene rings is 2. The SMILES string of the molecule is C[C@@H](CC(=O)c1ccc2c(c1)C(C)(C)Oc1cnccc1-2)c1ccccc1. The monoisotopic (exact) mass is 357 g/mol. The third-order valence-corrected chi connectivity index (χ3v) is 5.29. The first-order valence-electron chi connectivity index (χ1n) is 9.32. The quantitative estimate of drug-likeness (QED) is 0.558. The van der Waals surface area contributed by atoms with Gasteiger partial charge in [0, 0.05) is 29.3 Å². The number of hydrogen-bond acceptors (Lipinski definition) is 3. The molecule has 0 amide bonds. The maximum Gasteiger partial charge on any atom is 0.163 e. The van der Waals surface area contributed by atoms with E-state index >= 15 is 0 Å². The van der Waals surface area contributed by atoms with Crippen LogP contribution < -0.4 is 4.74 Å². The Morgan fingerprint density at radius 3 is 2.63 bits per heavy atom. The minimum absolute atomic E-state index is 0.158. The lowest BCUT2D eigenvalue weighted by atomic mass is 9.84. The van der Waals surface area contributed by atoms with Gasteiger partial charge in [-0.2, -0.15) is 0 Å². The van der Waals surface area contributed by atoms with E-state index < -0.39 is 5.60 Å². The summed E-state index contributed by atoms with van der Waals surface area (Å²) in [5.41, 5.74) is 4.60. The molecule has 0 saturated heterocycles. The summed E-state index contributed by atoms with van der Waals surface area (Å²) in [6.07, 6.45) is 4.01. The molecule has 0 radical (unpaired) electrons. The third kappa shape index (κ3) is 3.25. The van der Waals surface area contributed by atoms with Crippen molar-refractivity contribution in [3.63, 3.8) is 0 Å². The van der Waals surface area contributed by atoms with Crippen LogP contribution in [0.5, 0.6) is 5.75 Å². The van der Waals surface area contributed by atoms with E-state index in [1.807, 2.05) is 56.3 Å². The molecule has 136 valence electrons. The second-order valence-electron chi connectivity index (χ2n) is 7.68. The number of Topliss-reactive ketones (excluding diaryl/α,β-unsaturated/α-hetero) is 1. The molecule has 0 fully saturated rings. The van der Waals surface area contributed by atoms with E-state index in [1.54, 1.807) is 12.4 Å². The Hall–Kier alpha value is -2.94. The predicted octanol–water partition coefficient (Wildman–Crippen LogP) is 5.75. The van der Waals surface area contributed by atoms with Gasteiger partial charge in [-0.05, 0) is 43.0 Å². The maximum absolute atomic E-state index is 12.9. The van der Waals surface area contributed by atoms with Crippen LogP contribution in [0.15, 0.2) is 67.0 Å². The number of pyridine rings is 1. The van der Waals surface area contributed by atoms with E-state index in [0.29, 0.717) is 6.42 Å². The van der Waals surface area contributed by atoms with E-state index in [9.17, 15) is 4.79 Å². The number of carbonyl (C=O) groups is 1. The van der Waals surface area contributed by atoms with Crippen molar-refractivity contribution >= 4 is 5.78 Å². The second kappa shape index (κ2) is 6.66. The Balaban J connectivity index is 1.66. The highest BCUT2D eigenvalue weighted by Crippen LogP contribution is 2.44. The molecular formula is C24H23NO2. The van der Waals surface area contributed by atoms with E-state index in [1.165, 1.54) is 5.56 Å². The maximum atomic E-state index is 12.9. The van der Waals surface area contributed by atoms with E-state index in [0.717, 1.165) is 28.0 Å². The van der Waals surface area contributed by atoms with Gasteiger partial charge < -0.3 is 4.74 Å². The summed E-state index contributed by atoms with van der Waals surface area (Å²) in [7, 11) is 0. The van der Waals surface area contributed by atoms with Gasteiger partial charge in [0.2, 0.25) is 0 Å². The normalized spacial score (nSPS) is 15.2. The molecule has 2 aromatic carbocycles. The Kier molecular flexibility index (Phi) is 4.31. The van der Waals surface area contributed by atoms with Crippen LogP contribution in [-0.4, -0.2) is 10.8 Å². The zero-order chi connectivity index (χ0) is 19.0. The first-order chi connectivity index (χ1) is 13.0. The first-order valence-corrected chi connectivity index (χ1v) is 9.32. The zero-order valence-electron chi connectivity index (χ0n) is 15.9. The lowest BCUT2D eigenvalue weighted by Crippen LogP contribution is -2.29. The molecule has 0 spiro atoms. The fourth-order valence-electron chi connectivity index (χ4n) is 3.76. The van der Waals surface area contributed by atoms with Crippen LogP contribution in [0.1, 0.15) is 54.6 Å². The summed E-state index contributed by atoms with van der Waals surface area (Å²) >= 11 is 0. The molecule has 0 N–H and O–H groups in total. The van der Waals surface area contributed by atoms with Crippen molar-refractivity contribution in [2.45, 2.75) is 38.7 Å². The predicted molar refractivity (Wildman–Crippen MR) is 107 cm³/mol. The average molecular weight is 357 g/mol. The molecule has 1 aromatic heterocycles. The van der Waals surface area contributed by atoms with Gasteiger partial charge in [0.1, 0.15) is 11.4 Å². The molecule has 0 aliphatic carbocycles. The zero-order valence-corrected chi connectivity index (χ0v) is 15.9. The fraction of sp³-hybridized carbons (Fsp3) is 0.250. The molecule has 2 heterocycles. The van der Waals surface area contributed by atoms with Gasteiger partial charge in [0.15, 0.2) is 5.78 Å². The van der Waals surface area contributed by atoms with E-state index in [2.05, 4.69) is 24.0 Å². The van der Waals surface area contributed by atoms with Crippen LogP contribution >= 0.6 is 0 Å². The number of hydrogen-bond donors (Lipinski definition) is 0. The summed E-state index contributed by atoms with van der Waals surface area (Å²) < 4.78 is 6.16. The van der Waals surface area contributed by atoms with Gasteiger partial charge in [-0.25, -0.2) is 0 Å². The molecule has 27 heavy (non-hydrogen) atoms. The molecule has 0 saturated carbocycles. The first kappa shape index (κ1) is 17.5. The van der Waals surface area contributed by atoms with Crippen molar-refractivity contribution in [1.82, 2.24) is 4.98 Å². The molecule has 0 unspecified atom stereocenters. The van der Waals surface area contributed by atoms with Crippen LogP contribution in [0.3, 0.4) is 0 Å². The lowest BCUT2D eigenvalue weighted by Gasteiger charge is -2.35. The molecule has 1 aliphatic heterocycles. The van der Waals surface area contributed by atoms with Gasteiger partial charge in [-0.1, -0.05) is 49.4 Å². The number of ketones is 1. The number of ether oxygens (including phenoxy) is 1. The summed E-state index contributed by atoms with van der Waals surface area (Å²) in [4.78, 5) is 17.1. The summed E-state index contributed by atoms with van der Waals surface area (Å²) in [6, 6.07) is 18.1. The topological polar surface area (TPSA) is 39.2 Å². The number of aromatic nitrogens is 1. The minimum atomic E-state index is -0.507. The number of carbonyl (C=O) groups excluding carboxylic acids is 1. The second-order valence-corrected chi connectivity index (χ2v) is 7.68. The van der Waals surface area contributed by atoms with Gasteiger partial charge in [-0.3, -0.25) is 9.78 Å². The average Bonchev–Trinajstić information content (AvgIpc) is 2.68. The van der Waals surface area contributed by atoms with Crippen LogP contribution in [0.4, 0.5) is 0 Å². The smallest absolute Gasteiger partial charge is 0.163 e. The molecule has 1 atom stereocenters. The molecule has 0 bridgehead atoms. The molecular weight excluding hydrogens is 334 g/mol. The molecule has 4 rings (SSSR count). The highest BCUT2D eigenvalue weighted by molar-refractivity contribution is 5.97. The van der Waals surface area contributed by atoms with Crippen LogP contribution in [0.2, 0.25) is 0 Å². The van der Waals surface area contributed by atoms with Crippen LogP contribution in [0, 0.1) is 0 Å².